The molecular formula is C9H20N2O2. The van der Waals surface area contributed by atoms with E-state index in [0.29, 0.717) is 13.0 Å². The standard InChI is InChI=1S/C9H20N2O2/c1-2-11-9(13)5-7-10-6-3-4-8-12/h10,12H,2-8H2,1H3,(H,11,13). The predicted molar refractivity (Wildman–Crippen MR) is 52.5 cm³/mol. The first kappa shape index (κ1) is 12.4. The van der Waals surface area contributed by atoms with Gasteiger partial charge in [0.2, 0.25) is 5.91 Å². The van der Waals surface area contributed by atoms with E-state index in [1.807, 2.05) is 6.92 Å². The Hall–Kier alpha value is -0.610. The van der Waals surface area contributed by atoms with Gasteiger partial charge in [-0.3, -0.25) is 4.79 Å². The minimum absolute atomic E-state index is 0.0946. The molecule has 0 aromatic heterocycles. The Balaban J connectivity index is 3.02. The second-order valence-corrected chi connectivity index (χ2v) is 2.88. The number of aliphatic hydroxyl groups is 1. The normalized spacial score (nSPS) is 10.0. The highest BCUT2D eigenvalue weighted by molar-refractivity contribution is 5.75. The average Bonchev–Trinajstić information content (AvgIpc) is 2.11. The third-order valence-corrected chi connectivity index (χ3v) is 1.66. The molecule has 78 valence electrons. The number of unbranched alkanes of at least 4 members (excludes halogenated alkanes) is 1. The summed E-state index contributed by atoms with van der Waals surface area (Å²) in [6, 6.07) is 0. The second kappa shape index (κ2) is 9.48. The molecule has 0 rings (SSSR count). The van der Waals surface area contributed by atoms with Crippen molar-refractivity contribution >= 4 is 5.91 Å². The number of carbonyl (C=O) groups excluding carboxylic acids is 1. The second-order valence-electron chi connectivity index (χ2n) is 2.88. The monoisotopic (exact) mass is 188 g/mol. The number of hydrogen-bond donors (Lipinski definition) is 3. The van der Waals surface area contributed by atoms with Crippen LogP contribution in [0.2, 0.25) is 0 Å². The van der Waals surface area contributed by atoms with Crippen LogP contribution in [0.15, 0.2) is 0 Å². The summed E-state index contributed by atoms with van der Waals surface area (Å²) in [7, 11) is 0. The molecule has 0 aliphatic carbocycles. The van der Waals surface area contributed by atoms with Crippen molar-refractivity contribution < 1.29 is 9.90 Å². The minimum Gasteiger partial charge on any atom is -0.396 e. The molecule has 1 amide bonds. The minimum atomic E-state index is 0.0946. The highest BCUT2D eigenvalue weighted by Crippen LogP contribution is 1.84. The van der Waals surface area contributed by atoms with Crippen LogP contribution >= 0.6 is 0 Å². The van der Waals surface area contributed by atoms with Gasteiger partial charge >= 0.3 is 0 Å². The van der Waals surface area contributed by atoms with Crippen molar-refractivity contribution in [1.82, 2.24) is 10.6 Å². The summed E-state index contributed by atoms with van der Waals surface area (Å²) in [5, 5.41) is 14.4. The molecule has 0 heterocycles. The Kier molecular flexibility index (Phi) is 9.03. The Morgan fingerprint density at radius 3 is 2.69 bits per heavy atom. The van der Waals surface area contributed by atoms with Crippen molar-refractivity contribution in [3.8, 4) is 0 Å². The van der Waals surface area contributed by atoms with Crippen molar-refractivity contribution in [3.63, 3.8) is 0 Å². The number of aliphatic hydroxyl groups excluding tert-OH is 1. The molecule has 0 aromatic carbocycles. The van der Waals surface area contributed by atoms with Crippen LogP contribution in [0.25, 0.3) is 0 Å². The first-order valence-corrected chi connectivity index (χ1v) is 4.89. The molecule has 0 aromatic rings. The van der Waals surface area contributed by atoms with Crippen LogP contribution in [0, 0.1) is 0 Å². The lowest BCUT2D eigenvalue weighted by Crippen LogP contribution is -2.27. The molecule has 0 aliphatic heterocycles. The Bertz CT molecular complexity index is 129. The molecule has 0 bridgehead atoms. The third-order valence-electron chi connectivity index (χ3n) is 1.66. The van der Waals surface area contributed by atoms with Gasteiger partial charge in [0.25, 0.3) is 0 Å². The number of rotatable bonds is 8. The Labute approximate surface area is 79.7 Å². The lowest BCUT2D eigenvalue weighted by atomic mass is 10.3. The first-order valence-electron chi connectivity index (χ1n) is 4.89. The molecule has 13 heavy (non-hydrogen) atoms. The summed E-state index contributed by atoms with van der Waals surface area (Å²) in [5.74, 6) is 0.0946. The van der Waals surface area contributed by atoms with Crippen LogP contribution < -0.4 is 10.6 Å². The quantitative estimate of drug-likeness (QED) is 0.465. The zero-order chi connectivity index (χ0) is 9.94. The van der Waals surface area contributed by atoms with E-state index in [9.17, 15) is 4.79 Å². The van der Waals surface area contributed by atoms with E-state index in [1.54, 1.807) is 0 Å². The van der Waals surface area contributed by atoms with Crippen molar-refractivity contribution in [2.24, 2.45) is 0 Å². The van der Waals surface area contributed by atoms with E-state index >= 15 is 0 Å². The van der Waals surface area contributed by atoms with Crippen LogP contribution in [0.5, 0.6) is 0 Å². The van der Waals surface area contributed by atoms with Crippen LogP contribution in [-0.4, -0.2) is 37.3 Å². The van der Waals surface area contributed by atoms with Gasteiger partial charge in [0.1, 0.15) is 0 Å². The van der Waals surface area contributed by atoms with Gasteiger partial charge in [0, 0.05) is 26.1 Å². The summed E-state index contributed by atoms with van der Waals surface area (Å²) in [6.45, 7) is 4.45. The number of hydrogen-bond acceptors (Lipinski definition) is 3. The smallest absolute Gasteiger partial charge is 0.221 e. The van der Waals surface area contributed by atoms with Crippen molar-refractivity contribution in [3.05, 3.63) is 0 Å². The average molecular weight is 188 g/mol. The van der Waals surface area contributed by atoms with Gasteiger partial charge in [0.05, 0.1) is 0 Å². The van der Waals surface area contributed by atoms with Gasteiger partial charge in [-0.15, -0.1) is 0 Å². The maximum Gasteiger partial charge on any atom is 0.221 e. The third kappa shape index (κ3) is 9.30. The van der Waals surface area contributed by atoms with Crippen LogP contribution in [0.3, 0.4) is 0 Å². The van der Waals surface area contributed by atoms with E-state index in [4.69, 9.17) is 5.11 Å². The van der Waals surface area contributed by atoms with Crippen LogP contribution in [-0.2, 0) is 4.79 Å². The first-order chi connectivity index (χ1) is 6.31. The summed E-state index contributed by atoms with van der Waals surface area (Å²) in [4.78, 5) is 10.9. The summed E-state index contributed by atoms with van der Waals surface area (Å²) in [6.07, 6.45) is 2.33. The largest absolute Gasteiger partial charge is 0.396 e. The Morgan fingerprint density at radius 2 is 2.08 bits per heavy atom. The zero-order valence-corrected chi connectivity index (χ0v) is 8.31. The molecule has 0 saturated carbocycles. The highest BCUT2D eigenvalue weighted by Gasteiger charge is 1.96. The van der Waals surface area contributed by atoms with Crippen molar-refractivity contribution in [2.75, 3.05) is 26.2 Å². The lowest BCUT2D eigenvalue weighted by molar-refractivity contribution is -0.120. The van der Waals surface area contributed by atoms with Gasteiger partial charge in [0.15, 0.2) is 0 Å². The molecule has 0 atom stereocenters. The SMILES string of the molecule is CCNC(=O)CCNCCCCO. The fourth-order valence-corrected chi connectivity index (χ4v) is 0.974. The zero-order valence-electron chi connectivity index (χ0n) is 8.31. The predicted octanol–water partition coefficient (Wildman–Crippen LogP) is -0.125. The van der Waals surface area contributed by atoms with Crippen molar-refractivity contribution in [2.45, 2.75) is 26.2 Å². The van der Waals surface area contributed by atoms with Gasteiger partial charge in [-0.2, -0.15) is 0 Å². The van der Waals surface area contributed by atoms with Crippen LogP contribution in [0.1, 0.15) is 26.2 Å². The molecule has 0 spiro atoms. The van der Waals surface area contributed by atoms with Gasteiger partial charge < -0.3 is 15.7 Å². The topological polar surface area (TPSA) is 61.4 Å². The molecule has 4 heteroatoms. The highest BCUT2D eigenvalue weighted by atomic mass is 16.2. The van der Waals surface area contributed by atoms with Crippen LogP contribution in [0.4, 0.5) is 0 Å². The van der Waals surface area contributed by atoms with E-state index in [2.05, 4.69) is 10.6 Å². The molecule has 0 fully saturated rings. The maximum absolute atomic E-state index is 10.9. The maximum atomic E-state index is 10.9. The molecule has 0 unspecified atom stereocenters. The van der Waals surface area contributed by atoms with E-state index in [1.165, 1.54) is 0 Å². The molecule has 0 saturated heterocycles. The number of amides is 1. The molecule has 0 aliphatic rings. The fourth-order valence-electron chi connectivity index (χ4n) is 0.974. The van der Waals surface area contributed by atoms with Crippen molar-refractivity contribution in [1.29, 1.82) is 0 Å². The van der Waals surface area contributed by atoms with E-state index < -0.39 is 0 Å². The molecular weight excluding hydrogens is 168 g/mol. The van der Waals surface area contributed by atoms with Gasteiger partial charge in [-0.1, -0.05) is 0 Å². The molecule has 0 radical (unpaired) electrons. The summed E-state index contributed by atoms with van der Waals surface area (Å²) < 4.78 is 0. The number of carbonyl (C=O) groups is 1. The fraction of sp³-hybridized carbons (Fsp3) is 0.889. The Morgan fingerprint density at radius 1 is 1.31 bits per heavy atom. The van der Waals surface area contributed by atoms with Gasteiger partial charge in [-0.25, -0.2) is 0 Å². The van der Waals surface area contributed by atoms with E-state index in [-0.39, 0.29) is 12.5 Å². The number of nitrogens with one attached hydrogen (secondary N) is 2. The molecule has 3 N–H and O–H groups in total. The molecule has 4 nitrogen and oxygen atoms in total. The van der Waals surface area contributed by atoms with Gasteiger partial charge in [-0.05, 0) is 26.3 Å². The lowest BCUT2D eigenvalue weighted by Gasteiger charge is -2.03. The van der Waals surface area contributed by atoms with E-state index in [0.717, 1.165) is 25.9 Å². The summed E-state index contributed by atoms with van der Waals surface area (Å²) in [5.41, 5.74) is 0. The summed E-state index contributed by atoms with van der Waals surface area (Å²) >= 11 is 0.